The SMILES string of the molecule is COc1cccc(C2NNC3CCN(C(C)CSC)CC32)c1. The zero-order valence-electron chi connectivity index (χ0n) is 13.7. The predicted molar refractivity (Wildman–Crippen MR) is 93.3 cm³/mol. The molecule has 0 aromatic heterocycles. The van der Waals surface area contributed by atoms with E-state index < -0.39 is 0 Å². The predicted octanol–water partition coefficient (Wildman–Crippen LogP) is 2.29. The highest BCUT2D eigenvalue weighted by atomic mass is 32.2. The standard InChI is InChI=1S/C17H27N3OS/c1-12(11-22-3)20-8-7-16-15(10-20)17(19-18-16)13-5-4-6-14(9-13)21-2/h4-6,9,12,15-19H,7-8,10-11H2,1-3H3. The van der Waals surface area contributed by atoms with Gasteiger partial charge in [-0.25, -0.2) is 5.43 Å². The summed E-state index contributed by atoms with van der Waals surface area (Å²) in [7, 11) is 1.73. The number of piperidine rings is 1. The maximum atomic E-state index is 5.38. The van der Waals surface area contributed by atoms with E-state index in [1.165, 1.54) is 24.3 Å². The second kappa shape index (κ2) is 7.21. The number of methoxy groups -OCH3 is 1. The maximum Gasteiger partial charge on any atom is 0.119 e. The van der Waals surface area contributed by atoms with Crippen LogP contribution >= 0.6 is 11.8 Å². The van der Waals surface area contributed by atoms with Gasteiger partial charge in [0.2, 0.25) is 0 Å². The molecule has 2 fully saturated rings. The molecule has 5 heteroatoms. The number of nitrogens with one attached hydrogen (secondary N) is 2. The first-order valence-corrected chi connectivity index (χ1v) is 9.50. The van der Waals surface area contributed by atoms with Gasteiger partial charge in [0.15, 0.2) is 0 Å². The number of likely N-dealkylation sites (tertiary alicyclic amines) is 1. The minimum absolute atomic E-state index is 0.365. The van der Waals surface area contributed by atoms with Crippen molar-refractivity contribution in [3.63, 3.8) is 0 Å². The third kappa shape index (κ3) is 3.27. The molecule has 0 radical (unpaired) electrons. The van der Waals surface area contributed by atoms with Crippen molar-refractivity contribution in [3.8, 4) is 5.75 Å². The Kier molecular flexibility index (Phi) is 5.29. The molecule has 2 heterocycles. The molecule has 0 amide bonds. The highest BCUT2D eigenvalue weighted by Gasteiger charge is 2.41. The maximum absolute atomic E-state index is 5.38. The summed E-state index contributed by atoms with van der Waals surface area (Å²) in [5.41, 5.74) is 8.35. The molecular weight excluding hydrogens is 294 g/mol. The van der Waals surface area contributed by atoms with Crippen molar-refractivity contribution >= 4 is 11.8 Å². The average molecular weight is 321 g/mol. The quantitative estimate of drug-likeness (QED) is 0.870. The smallest absolute Gasteiger partial charge is 0.119 e. The van der Waals surface area contributed by atoms with Crippen LogP contribution in [0, 0.1) is 5.92 Å². The first-order valence-electron chi connectivity index (χ1n) is 8.11. The van der Waals surface area contributed by atoms with Crippen LogP contribution in [0.2, 0.25) is 0 Å². The van der Waals surface area contributed by atoms with Crippen molar-refractivity contribution < 1.29 is 4.74 Å². The number of rotatable bonds is 5. The van der Waals surface area contributed by atoms with Crippen LogP contribution in [0.4, 0.5) is 0 Å². The summed E-state index contributed by atoms with van der Waals surface area (Å²) in [6.07, 6.45) is 3.41. The fourth-order valence-corrected chi connectivity index (χ4v) is 4.43. The first kappa shape index (κ1) is 16.1. The molecule has 0 spiro atoms. The second-order valence-corrected chi connectivity index (χ2v) is 7.31. The van der Waals surface area contributed by atoms with Gasteiger partial charge in [0, 0.05) is 36.8 Å². The summed E-state index contributed by atoms with van der Waals surface area (Å²) in [4.78, 5) is 2.65. The normalized spacial score (nSPS) is 30.0. The summed E-state index contributed by atoms with van der Waals surface area (Å²) in [6, 6.07) is 10.1. The summed E-state index contributed by atoms with van der Waals surface area (Å²) in [5, 5.41) is 0. The van der Waals surface area contributed by atoms with Gasteiger partial charge in [-0.15, -0.1) is 0 Å². The molecule has 2 saturated heterocycles. The Morgan fingerprint density at radius 2 is 2.27 bits per heavy atom. The van der Waals surface area contributed by atoms with E-state index in [1.807, 2.05) is 17.8 Å². The number of hydrazine groups is 1. The Morgan fingerprint density at radius 1 is 1.41 bits per heavy atom. The lowest BCUT2D eigenvalue weighted by Gasteiger charge is -2.39. The molecule has 0 bridgehead atoms. The van der Waals surface area contributed by atoms with Crippen molar-refractivity contribution in [2.45, 2.75) is 31.5 Å². The van der Waals surface area contributed by atoms with E-state index in [2.05, 4.69) is 47.1 Å². The highest BCUT2D eigenvalue weighted by Crippen LogP contribution is 2.35. The van der Waals surface area contributed by atoms with Crippen LogP contribution < -0.4 is 15.6 Å². The number of hydrogen-bond acceptors (Lipinski definition) is 5. The van der Waals surface area contributed by atoms with Gasteiger partial charge in [0.1, 0.15) is 5.75 Å². The van der Waals surface area contributed by atoms with Crippen molar-refractivity contribution in [1.82, 2.24) is 15.8 Å². The monoisotopic (exact) mass is 321 g/mol. The highest BCUT2D eigenvalue weighted by molar-refractivity contribution is 7.98. The van der Waals surface area contributed by atoms with Gasteiger partial charge in [-0.05, 0) is 37.3 Å². The Balaban J connectivity index is 1.74. The van der Waals surface area contributed by atoms with E-state index >= 15 is 0 Å². The number of ether oxygens (including phenoxy) is 1. The molecule has 2 aliphatic heterocycles. The summed E-state index contributed by atoms with van der Waals surface area (Å²) in [6.45, 7) is 4.71. The average Bonchev–Trinajstić information content (AvgIpc) is 2.98. The van der Waals surface area contributed by atoms with Crippen LogP contribution in [-0.2, 0) is 0 Å². The fourth-order valence-electron chi connectivity index (χ4n) is 3.74. The van der Waals surface area contributed by atoms with Gasteiger partial charge in [-0.2, -0.15) is 11.8 Å². The third-order valence-electron chi connectivity index (χ3n) is 5.03. The van der Waals surface area contributed by atoms with Crippen molar-refractivity contribution in [2.75, 3.05) is 32.2 Å². The van der Waals surface area contributed by atoms with E-state index in [-0.39, 0.29) is 0 Å². The third-order valence-corrected chi connectivity index (χ3v) is 5.84. The largest absolute Gasteiger partial charge is 0.497 e. The van der Waals surface area contributed by atoms with E-state index in [9.17, 15) is 0 Å². The molecule has 4 nitrogen and oxygen atoms in total. The summed E-state index contributed by atoms with van der Waals surface area (Å²) in [5.74, 6) is 2.76. The van der Waals surface area contributed by atoms with Gasteiger partial charge in [0.25, 0.3) is 0 Å². The molecule has 22 heavy (non-hydrogen) atoms. The summed E-state index contributed by atoms with van der Waals surface area (Å²) < 4.78 is 5.38. The van der Waals surface area contributed by atoms with Gasteiger partial charge in [-0.3, -0.25) is 10.3 Å². The zero-order valence-corrected chi connectivity index (χ0v) is 14.5. The molecule has 0 aliphatic carbocycles. The van der Waals surface area contributed by atoms with Crippen LogP contribution in [0.15, 0.2) is 24.3 Å². The number of benzene rings is 1. The lowest BCUT2D eigenvalue weighted by atomic mass is 9.84. The topological polar surface area (TPSA) is 36.5 Å². The number of fused-ring (bicyclic) bond motifs is 1. The van der Waals surface area contributed by atoms with Gasteiger partial charge >= 0.3 is 0 Å². The van der Waals surface area contributed by atoms with Crippen molar-refractivity contribution in [2.24, 2.45) is 5.92 Å². The molecule has 2 N–H and O–H groups in total. The molecule has 1 aromatic carbocycles. The molecule has 0 saturated carbocycles. The number of hydrogen-bond donors (Lipinski definition) is 2. The Morgan fingerprint density at radius 3 is 3.05 bits per heavy atom. The lowest BCUT2D eigenvalue weighted by molar-refractivity contribution is 0.126. The molecule has 4 unspecified atom stereocenters. The van der Waals surface area contributed by atoms with Crippen LogP contribution in [0.25, 0.3) is 0 Å². The minimum atomic E-state index is 0.365. The second-order valence-electron chi connectivity index (χ2n) is 6.40. The molecule has 1 aromatic rings. The van der Waals surface area contributed by atoms with Crippen LogP contribution in [0.1, 0.15) is 24.9 Å². The first-order chi connectivity index (χ1) is 10.7. The Hall–Kier alpha value is -0.750. The zero-order chi connectivity index (χ0) is 15.5. The molecule has 122 valence electrons. The van der Waals surface area contributed by atoms with Crippen LogP contribution in [0.3, 0.4) is 0 Å². The van der Waals surface area contributed by atoms with E-state index in [0.29, 0.717) is 24.0 Å². The van der Waals surface area contributed by atoms with Crippen LogP contribution in [0.5, 0.6) is 5.75 Å². The fraction of sp³-hybridized carbons (Fsp3) is 0.647. The molecular formula is C17H27N3OS. The van der Waals surface area contributed by atoms with Crippen molar-refractivity contribution in [3.05, 3.63) is 29.8 Å². The van der Waals surface area contributed by atoms with E-state index in [1.54, 1.807) is 7.11 Å². The van der Waals surface area contributed by atoms with Crippen LogP contribution in [-0.4, -0.2) is 49.2 Å². The Labute approximate surface area is 138 Å². The number of nitrogens with zero attached hydrogens (tertiary/aromatic N) is 1. The van der Waals surface area contributed by atoms with E-state index in [0.717, 1.165) is 12.3 Å². The summed E-state index contributed by atoms with van der Waals surface area (Å²) >= 11 is 1.94. The number of thioether (sulfide) groups is 1. The van der Waals surface area contributed by atoms with Gasteiger partial charge < -0.3 is 4.74 Å². The lowest BCUT2D eigenvalue weighted by Crippen LogP contribution is -2.49. The minimum Gasteiger partial charge on any atom is -0.497 e. The molecule has 2 aliphatic rings. The van der Waals surface area contributed by atoms with Gasteiger partial charge in [-0.1, -0.05) is 12.1 Å². The van der Waals surface area contributed by atoms with E-state index in [4.69, 9.17) is 4.74 Å². The van der Waals surface area contributed by atoms with Gasteiger partial charge in [0.05, 0.1) is 13.2 Å². The Bertz CT molecular complexity index is 499. The molecule has 4 atom stereocenters. The molecule has 3 rings (SSSR count). The van der Waals surface area contributed by atoms with Crippen molar-refractivity contribution in [1.29, 1.82) is 0 Å².